The van der Waals surface area contributed by atoms with Gasteiger partial charge in [0, 0.05) is 0 Å². The van der Waals surface area contributed by atoms with E-state index in [1.54, 1.807) is 7.11 Å². The van der Waals surface area contributed by atoms with E-state index >= 15 is 0 Å². The van der Waals surface area contributed by atoms with Crippen LogP contribution < -0.4 is 4.74 Å². The molecule has 0 radical (unpaired) electrons. The number of ether oxygens (including phenoxy) is 1. The normalized spacial score (nSPS) is 18.9. The van der Waals surface area contributed by atoms with Crippen LogP contribution in [0.1, 0.15) is 28.5 Å². The second-order valence-corrected chi connectivity index (χ2v) is 6.44. The first kappa shape index (κ1) is 14.7. The van der Waals surface area contributed by atoms with Gasteiger partial charge in [0.25, 0.3) is 0 Å². The van der Waals surface area contributed by atoms with Gasteiger partial charge in [-0.2, -0.15) is 0 Å². The molecule has 1 nitrogen and oxygen atoms in total. The third kappa shape index (κ3) is 3.04. The quantitative estimate of drug-likeness (QED) is 0.685. The Labute approximate surface area is 135 Å². The summed E-state index contributed by atoms with van der Waals surface area (Å²) < 4.78 is 5.20. The van der Waals surface area contributed by atoms with E-state index in [1.165, 1.54) is 11.1 Å². The second kappa shape index (κ2) is 6.29. The molecule has 1 aliphatic rings. The predicted octanol–water partition coefficient (Wildman–Crippen LogP) is 5.43. The van der Waals surface area contributed by atoms with Gasteiger partial charge in [0.2, 0.25) is 0 Å². The second-order valence-electron chi connectivity index (χ2n) is 5.57. The van der Waals surface area contributed by atoms with Gasteiger partial charge in [0.15, 0.2) is 0 Å². The van der Waals surface area contributed by atoms with Gasteiger partial charge in [-0.05, 0) is 54.0 Å². The first-order valence-electron chi connectivity index (χ1n) is 7.23. The molecule has 0 saturated heterocycles. The molecule has 0 heterocycles. The van der Waals surface area contributed by atoms with Gasteiger partial charge in [0.1, 0.15) is 5.75 Å². The van der Waals surface area contributed by atoms with Gasteiger partial charge >= 0.3 is 0 Å². The third-order valence-corrected chi connectivity index (χ3v) is 5.20. The number of rotatable bonds is 3. The average Bonchev–Trinajstić information content (AvgIpc) is 2.53. The summed E-state index contributed by atoms with van der Waals surface area (Å²) in [6.45, 7) is 0. The zero-order valence-electron chi connectivity index (χ0n) is 12.0. The number of aryl methyl sites for hydroxylation is 1. The van der Waals surface area contributed by atoms with Crippen LogP contribution in [0.4, 0.5) is 0 Å². The highest BCUT2D eigenvalue weighted by Gasteiger charge is 2.26. The molecule has 0 saturated carbocycles. The Kier molecular flexibility index (Phi) is 4.42. The van der Waals surface area contributed by atoms with Crippen molar-refractivity contribution in [1.29, 1.82) is 0 Å². The molecule has 0 spiro atoms. The smallest absolute Gasteiger partial charge is 0.137 e. The fraction of sp³-hybridized carbons (Fsp3) is 0.333. The van der Waals surface area contributed by atoms with E-state index in [9.17, 15) is 0 Å². The lowest BCUT2D eigenvalue weighted by molar-refractivity contribution is 0.414. The van der Waals surface area contributed by atoms with Gasteiger partial charge in [0.05, 0.1) is 17.5 Å². The molecule has 2 atom stereocenters. The van der Waals surface area contributed by atoms with Crippen molar-refractivity contribution >= 4 is 23.2 Å². The zero-order valence-corrected chi connectivity index (χ0v) is 13.5. The van der Waals surface area contributed by atoms with Crippen LogP contribution in [0.25, 0.3) is 0 Å². The van der Waals surface area contributed by atoms with Crippen LogP contribution >= 0.6 is 23.2 Å². The molecule has 110 valence electrons. The summed E-state index contributed by atoms with van der Waals surface area (Å²) in [6, 6.07) is 14.5. The lowest BCUT2D eigenvalue weighted by atomic mass is 9.80. The van der Waals surface area contributed by atoms with Crippen LogP contribution in [0.5, 0.6) is 5.75 Å². The number of halogens is 2. The highest BCUT2D eigenvalue weighted by molar-refractivity contribution is 6.32. The minimum Gasteiger partial charge on any atom is -0.495 e. The fourth-order valence-electron chi connectivity index (χ4n) is 3.10. The van der Waals surface area contributed by atoms with Crippen LogP contribution in [0.2, 0.25) is 5.02 Å². The van der Waals surface area contributed by atoms with Gasteiger partial charge in [-0.15, -0.1) is 11.6 Å². The standard InChI is InChI=1S/C18H18Cl2O/c1-21-17-9-8-15(11-16(17)19)18(20)14-7-6-12-4-2-3-5-13(12)10-14/h2-5,8-9,11,14,18H,6-7,10H2,1H3. The summed E-state index contributed by atoms with van der Waals surface area (Å²) in [5.74, 6) is 1.14. The Hall–Kier alpha value is -1.18. The summed E-state index contributed by atoms with van der Waals surface area (Å²) in [4.78, 5) is 0. The molecule has 0 aliphatic heterocycles. The molecule has 2 unspecified atom stereocenters. The Morgan fingerprint density at radius 3 is 2.62 bits per heavy atom. The Morgan fingerprint density at radius 1 is 1.14 bits per heavy atom. The highest BCUT2D eigenvalue weighted by atomic mass is 35.5. The summed E-state index contributed by atoms with van der Waals surface area (Å²) >= 11 is 12.9. The van der Waals surface area contributed by atoms with Crippen LogP contribution in [-0.2, 0) is 12.8 Å². The monoisotopic (exact) mass is 320 g/mol. The number of methoxy groups -OCH3 is 1. The van der Waals surface area contributed by atoms with Gasteiger partial charge < -0.3 is 4.74 Å². The summed E-state index contributed by atoms with van der Waals surface area (Å²) in [5, 5.41) is 0.610. The number of hydrogen-bond acceptors (Lipinski definition) is 1. The molecule has 3 rings (SSSR count). The van der Waals surface area contributed by atoms with Crippen molar-refractivity contribution in [1.82, 2.24) is 0 Å². The van der Waals surface area contributed by atoms with Crippen LogP contribution in [0.15, 0.2) is 42.5 Å². The number of hydrogen-bond donors (Lipinski definition) is 0. The molecule has 2 aromatic rings. The Morgan fingerprint density at radius 2 is 1.90 bits per heavy atom. The maximum absolute atomic E-state index is 6.72. The predicted molar refractivity (Wildman–Crippen MR) is 88.6 cm³/mol. The first-order chi connectivity index (χ1) is 10.2. The van der Waals surface area contributed by atoms with Crippen LogP contribution in [0.3, 0.4) is 0 Å². The van der Waals surface area contributed by atoms with Crippen LogP contribution in [-0.4, -0.2) is 7.11 Å². The number of fused-ring (bicyclic) bond motifs is 1. The van der Waals surface area contributed by atoms with Gasteiger partial charge in [-0.1, -0.05) is 41.9 Å². The van der Waals surface area contributed by atoms with Crippen molar-refractivity contribution in [2.24, 2.45) is 5.92 Å². The van der Waals surface area contributed by atoms with E-state index in [-0.39, 0.29) is 5.38 Å². The van der Waals surface area contributed by atoms with Crippen molar-refractivity contribution in [3.63, 3.8) is 0 Å². The van der Waals surface area contributed by atoms with E-state index in [0.29, 0.717) is 16.7 Å². The topological polar surface area (TPSA) is 9.23 Å². The maximum atomic E-state index is 6.72. The molecule has 0 amide bonds. The average molecular weight is 321 g/mol. The fourth-order valence-corrected chi connectivity index (χ4v) is 3.72. The number of benzene rings is 2. The van der Waals surface area contributed by atoms with Crippen LogP contribution in [0, 0.1) is 5.92 Å². The Balaban J connectivity index is 1.80. The summed E-state index contributed by atoms with van der Waals surface area (Å²) in [5.41, 5.74) is 3.97. The summed E-state index contributed by atoms with van der Waals surface area (Å²) in [6.07, 6.45) is 3.26. The molecule has 2 aromatic carbocycles. The van der Waals surface area contributed by atoms with Crippen molar-refractivity contribution in [2.45, 2.75) is 24.6 Å². The SMILES string of the molecule is COc1ccc(C(Cl)C2CCc3ccccc3C2)cc1Cl. The molecule has 0 aromatic heterocycles. The first-order valence-corrected chi connectivity index (χ1v) is 8.04. The molecule has 3 heteroatoms. The minimum atomic E-state index is -0.0123. The van der Waals surface area contributed by atoms with E-state index in [2.05, 4.69) is 24.3 Å². The van der Waals surface area contributed by atoms with Crippen molar-refractivity contribution < 1.29 is 4.74 Å². The van der Waals surface area contributed by atoms with Gasteiger partial charge in [-0.25, -0.2) is 0 Å². The maximum Gasteiger partial charge on any atom is 0.137 e. The minimum absolute atomic E-state index is 0.0123. The van der Waals surface area contributed by atoms with Gasteiger partial charge in [-0.3, -0.25) is 0 Å². The van der Waals surface area contributed by atoms with E-state index in [4.69, 9.17) is 27.9 Å². The molecule has 0 fully saturated rings. The molecule has 1 aliphatic carbocycles. The lowest BCUT2D eigenvalue weighted by Gasteiger charge is -2.28. The van der Waals surface area contributed by atoms with E-state index in [1.807, 2.05) is 18.2 Å². The molecule has 21 heavy (non-hydrogen) atoms. The number of alkyl halides is 1. The Bertz CT molecular complexity index is 639. The third-order valence-electron chi connectivity index (χ3n) is 4.29. The molecule has 0 bridgehead atoms. The lowest BCUT2D eigenvalue weighted by Crippen LogP contribution is -2.18. The molecular formula is C18H18Cl2O. The van der Waals surface area contributed by atoms with Crippen molar-refractivity contribution in [3.8, 4) is 5.75 Å². The zero-order chi connectivity index (χ0) is 14.8. The molecule has 0 N–H and O–H groups in total. The highest BCUT2D eigenvalue weighted by Crippen LogP contribution is 2.40. The largest absolute Gasteiger partial charge is 0.495 e. The van der Waals surface area contributed by atoms with Crippen molar-refractivity contribution in [3.05, 3.63) is 64.2 Å². The summed E-state index contributed by atoms with van der Waals surface area (Å²) in [7, 11) is 1.62. The van der Waals surface area contributed by atoms with E-state index < -0.39 is 0 Å². The molecular weight excluding hydrogens is 303 g/mol. The van der Waals surface area contributed by atoms with E-state index in [0.717, 1.165) is 24.8 Å². The van der Waals surface area contributed by atoms with Crippen molar-refractivity contribution in [2.75, 3.05) is 7.11 Å².